The molecular formula is C26H24BrN7O. The summed E-state index contributed by atoms with van der Waals surface area (Å²) >= 11 is 3.52. The fourth-order valence-electron chi connectivity index (χ4n) is 4.45. The van der Waals surface area contributed by atoms with E-state index in [4.69, 9.17) is 15.0 Å². The van der Waals surface area contributed by atoms with Gasteiger partial charge in [-0.25, -0.2) is 0 Å². The molecule has 1 fully saturated rings. The van der Waals surface area contributed by atoms with Gasteiger partial charge < -0.3 is 15.0 Å². The molecule has 35 heavy (non-hydrogen) atoms. The molecule has 0 aliphatic carbocycles. The Hall–Kier alpha value is -3.77. The van der Waals surface area contributed by atoms with E-state index in [2.05, 4.69) is 61.0 Å². The third-order valence-electron chi connectivity index (χ3n) is 5.89. The first kappa shape index (κ1) is 23.0. The molecule has 1 aliphatic heterocycles. The predicted molar refractivity (Wildman–Crippen MR) is 139 cm³/mol. The highest BCUT2D eigenvalue weighted by Crippen LogP contribution is 2.31. The van der Waals surface area contributed by atoms with E-state index in [1.54, 1.807) is 24.4 Å². The highest BCUT2D eigenvalue weighted by molar-refractivity contribution is 9.10. The Kier molecular flexibility index (Phi) is 6.47. The molecule has 3 heterocycles. The number of aromatic nitrogens is 4. The van der Waals surface area contributed by atoms with E-state index < -0.39 is 0 Å². The molecule has 0 amide bonds. The fourth-order valence-corrected chi connectivity index (χ4v) is 4.81. The minimum absolute atomic E-state index is 0.199. The smallest absolute Gasteiger partial charge is 0.328 e. The van der Waals surface area contributed by atoms with Crippen molar-refractivity contribution in [2.75, 3.05) is 23.3 Å². The number of fused-ring (bicyclic) bond motifs is 1. The lowest BCUT2D eigenvalue weighted by Gasteiger charge is -2.35. The summed E-state index contributed by atoms with van der Waals surface area (Å²) in [5.74, 6) is 2.63. The van der Waals surface area contributed by atoms with Crippen LogP contribution in [0.5, 0.6) is 11.8 Å². The van der Waals surface area contributed by atoms with Crippen molar-refractivity contribution in [1.29, 1.82) is 5.26 Å². The second kappa shape index (κ2) is 9.84. The van der Waals surface area contributed by atoms with Crippen LogP contribution in [-0.4, -0.2) is 33.0 Å². The molecule has 1 N–H and O–H groups in total. The van der Waals surface area contributed by atoms with Crippen molar-refractivity contribution >= 4 is 44.4 Å². The Balaban J connectivity index is 1.52. The summed E-state index contributed by atoms with van der Waals surface area (Å²) < 4.78 is 7.14. The molecule has 8 nitrogen and oxygen atoms in total. The van der Waals surface area contributed by atoms with Crippen LogP contribution < -0.4 is 15.0 Å². The highest BCUT2D eigenvalue weighted by Gasteiger charge is 2.25. The summed E-state index contributed by atoms with van der Waals surface area (Å²) in [6.07, 6.45) is 2.89. The van der Waals surface area contributed by atoms with E-state index in [0.29, 0.717) is 35.0 Å². The molecule has 176 valence electrons. The van der Waals surface area contributed by atoms with E-state index in [-0.39, 0.29) is 6.01 Å². The van der Waals surface area contributed by atoms with Gasteiger partial charge in [0.25, 0.3) is 0 Å². The molecule has 9 heteroatoms. The molecule has 1 saturated heterocycles. The number of hydrogen-bond donors (Lipinski definition) is 1. The van der Waals surface area contributed by atoms with E-state index in [1.165, 1.54) is 6.42 Å². The first-order chi connectivity index (χ1) is 17.0. The van der Waals surface area contributed by atoms with E-state index in [1.807, 2.05) is 30.3 Å². The van der Waals surface area contributed by atoms with Crippen LogP contribution in [0.3, 0.4) is 0 Å². The molecule has 2 aromatic heterocycles. The SMILES string of the molecule is C[C@@H]1C[C@H](C)CN(c2nc(Nc3ccc(C#N)cc3)nc(Oc3ccnc4ccc(Br)cc34)n2)C1. The lowest BCUT2D eigenvalue weighted by atomic mass is 9.92. The van der Waals surface area contributed by atoms with Crippen LogP contribution in [0.25, 0.3) is 10.9 Å². The van der Waals surface area contributed by atoms with Gasteiger partial charge >= 0.3 is 6.01 Å². The Morgan fingerprint density at radius 1 is 1.03 bits per heavy atom. The van der Waals surface area contributed by atoms with Crippen molar-refractivity contribution in [1.82, 2.24) is 19.9 Å². The monoisotopic (exact) mass is 529 g/mol. The third kappa shape index (κ3) is 5.33. The zero-order chi connectivity index (χ0) is 24.4. The number of nitrogens with zero attached hydrogens (tertiary/aromatic N) is 6. The zero-order valence-electron chi connectivity index (χ0n) is 19.4. The molecule has 4 aromatic rings. The number of ether oxygens (including phenoxy) is 1. The van der Waals surface area contributed by atoms with Crippen LogP contribution >= 0.6 is 15.9 Å². The summed E-state index contributed by atoms with van der Waals surface area (Å²) in [7, 11) is 0. The number of nitriles is 1. The second-order valence-electron chi connectivity index (χ2n) is 8.98. The third-order valence-corrected chi connectivity index (χ3v) is 6.38. The maximum Gasteiger partial charge on any atom is 0.328 e. The number of rotatable bonds is 5. The van der Waals surface area contributed by atoms with Crippen molar-refractivity contribution in [2.45, 2.75) is 20.3 Å². The normalized spacial score (nSPS) is 17.7. The quantitative estimate of drug-likeness (QED) is 0.332. The molecular weight excluding hydrogens is 506 g/mol. The number of piperidine rings is 1. The van der Waals surface area contributed by atoms with Gasteiger partial charge in [-0.1, -0.05) is 29.8 Å². The highest BCUT2D eigenvalue weighted by atomic mass is 79.9. The van der Waals surface area contributed by atoms with Crippen molar-refractivity contribution in [3.8, 4) is 17.8 Å². The van der Waals surface area contributed by atoms with Gasteiger partial charge in [0, 0.05) is 34.8 Å². The van der Waals surface area contributed by atoms with Crippen LogP contribution in [0.4, 0.5) is 17.6 Å². The maximum absolute atomic E-state index is 9.08. The summed E-state index contributed by atoms with van der Waals surface area (Å²) in [5.41, 5.74) is 2.17. The van der Waals surface area contributed by atoms with Crippen molar-refractivity contribution in [3.05, 3.63) is 64.8 Å². The Bertz CT molecular complexity index is 1390. The number of benzene rings is 2. The fraction of sp³-hybridized carbons (Fsp3) is 0.269. The first-order valence-corrected chi connectivity index (χ1v) is 12.3. The molecule has 5 rings (SSSR count). The minimum atomic E-state index is 0.199. The van der Waals surface area contributed by atoms with E-state index >= 15 is 0 Å². The van der Waals surface area contributed by atoms with Gasteiger partial charge in [-0.3, -0.25) is 4.98 Å². The Morgan fingerprint density at radius 2 is 1.80 bits per heavy atom. The van der Waals surface area contributed by atoms with Crippen LogP contribution in [0.15, 0.2) is 59.2 Å². The largest absolute Gasteiger partial charge is 0.423 e. The predicted octanol–water partition coefficient (Wildman–Crippen LogP) is 6.07. The number of halogens is 1. The average molecular weight is 530 g/mol. The van der Waals surface area contributed by atoms with Gasteiger partial charge in [0.05, 0.1) is 17.1 Å². The Labute approximate surface area is 212 Å². The van der Waals surface area contributed by atoms with Crippen LogP contribution in [0.1, 0.15) is 25.8 Å². The molecule has 2 atom stereocenters. The summed E-state index contributed by atoms with van der Waals surface area (Å²) in [5, 5.41) is 13.2. The van der Waals surface area contributed by atoms with E-state index in [0.717, 1.165) is 34.2 Å². The summed E-state index contributed by atoms with van der Waals surface area (Å²) in [6.45, 7) is 6.24. The first-order valence-electron chi connectivity index (χ1n) is 11.5. The molecule has 2 aromatic carbocycles. The second-order valence-corrected chi connectivity index (χ2v) is 9.90. The van der Waals surface area contributed by atoms with E-state index in [9.17, 15) is 0 Å². The average Bonchev–Trinajstić information content (AvgIpc) is 2.84. The topological polar surface area (TPSA) is 99.9 Å². The van der Waals surface area contributed by atoms with Crippen LogP contribution in [-0.2, 0) is 0 Å². The van der Waals surface area contributed by atoms with Gasteiger partial charge in [-0.2, -0.15) is 20.2 Å². The number of hydrogen-bond acceptors (Lipinski definition) is 8. The van der Waals surface area contributed by atoms with Gasteiger partial charge in [0.2, 0.25) is 11.9 Å². The van der Waals surface area contributed by atoms with Gasteiger partial charge in [0.1, 0.15) is 5.75 Å². The molecule has 0 radical (unpaired) electrons. The van der Waals surface area contributed by atoms with Gasteiger partial charge in [-0.15, -0.1) is 0 Å². The standard InChI is InChI=1S/C26H24BrN7O/c1-16-11-17(2)15-34(14-16)25-31-24(30-20-6-3-18(13-28)4-7-20)32-26(33-25)35-23-9-10-29-22-8-5-19(27)12-21(22)23/h3-10,12,16-17H,11,14-15H2,1-2H3,(H,30,31,32,33)/t16-,17+. The van der Waals surface area contributed by atoms with Crippen LogP contribution in [0, 0.1) is 23.2 Å². The zero-order valence-corrected chi connectivity index (χ0v) is 21.0. The van der Waals surface area contributed by atoms with Crippen molar-refractivity contribution in [3.63, 3.8) is 0 Å². The lowest BCUT2D eigenvalue weighted by Crippen LogP contribution is -2.39. The minimum Gasteiger partial charge on any atom is -0.423 e. The van der Waals surface area contributed by atoms with Gasteiger partial charge in [-0.05, 0) is 66.8 Å². The summed E-state index contributed by atoms with van der Waals surface area (Å²) in [6, 6.07) is 17.1. The molecule has 0 spiro atoms. The maximum atomic E-state index is 9.08. The molecule has 0 bridgehead atoms. The Morgan fingerprint density at radius 3 is 2.54 bits per heavy atom. The van der Waals surface area contributed by atoms with Crippen LogP contribution in [0.2, 0.25) is 0 Å². The lowest BCUT2D eigenvalue weighted by molar-refractivity contribution is 0.352. The van der Waals surface area contributed by atoms with Crippen molar-refractivity contribution < 1.29 is 4.74 Å². The number of anilines is 3. The van der Waals surface area contributed by atoms with Crippen molar-refractivity contribution in [2.24, 2.45) is 11.8 Å². The molecule has 1 aliphatic rings. The molecule has 0 saturated carbocycles. The number of nitrogens with one attached hydrogen (secondary N) is 1. The molecule has 0 unspecified atom stereocenters. The van der Waals surface area contributed by atoms with Gasteiger partial charge in [0.15, 0.2) is 0 Å². The summed E-state index contributed by atoms with van der Waals surface area (Å²) in [4.78, 5) is 20.6. The number of pyridine rings is 1.